The minimum Gasteiger partial charge on any atom is -0.371 e. The van der Waals surface area contributed by atoms with Gasteiger partial charge < -0.3 is 9.88 Å². The molecule has 148 valence electrons. The smallest absolute Gasteiger partial charge is 0.259 e. The lowest BCUT2D eigenvalue weighted by Crippen LogP contribution is -2.36. The standard InChI is InChI=1S/C20H19N5O3S/c1-12-4-7-17(13(2)10-12)29(27,28)20-18-21-19(26)15-6-5-14(24-8-3-9-24)11-16(15)25(18)23-22-20/h4-7,10-11H,3,8-9H2,1-2H3,(H,21,26). The summed E-state index contributed by atoms with van der Waals surface area (Å²) >= 11 is 0. The SMILES string of the molecule is Cc1ccc(S(=O)(=O)c2nnn3c2[nH]c(=O)c2ccc(N4CCC4)cc23)c(C)c1. The Kier molecular flexibility index (Phi) is 3.79. The first-order chi connectivity index (χ1) is 13.9. The van der Waals surface area contributed by atoms with E-state index in [9.17, 15) is 13.2 Å². The minimum atomic E-state index is -3.95. The van der Waals surface area contributed by atoms with Crippen LogP contribution in [-0.2, 0) is 9.84 Å². The molecule has 1 aliphatic heterocycles. The molecule has 1 fully saturated rings. The predicted octanol–water partition coefficient (Wildman–Crippen LogP) is 2.23. The number of sulfone groups is 1. The van der Waals surface area contributed by atoms with Crippen LogP contribution in [0, 0.1) is 13.8 Å². The first kappa shape index (κ1) is 17.9. The molecular weight excluding hydrogens is 390 g/mol. The van der Waals surface area contributed by atoms with Crippen molar-refractivity contribution in [2.45, 2.75) is 30.2 Å². The zero-order chi connectivity index (χ0) is 20.3. The van der Waals surface area contributed by atoms with E-state index in [0.29, 0.717) is 16.5 Å². The predicted molar refractivity (Wildman–Crippen MR) is 109 cm³/mol. The largest absolute Gasteiger partial charge is 0.371 e. The topological polar surface area (TPSA) is 100 Å². The summed E-state index contributed by atoms with van der Waals surface area (Å²) in [5, 5.41) is 8.20. The van der Waals surface area contributed by atoms with Crippen molar-refractivity contribution >= 4 is 32.1 Å². The number of nitrogens with zero attached hydrogens (tertiary/aromatic N) is 4. The molecule has 2 aromatic heterocycles. The molecule has 29 heavy (non-hydrogen) atoms. The highest BCUT2D eigenvalue weighted by molar-refractivity contribution is 7.91. The van der Waals surface area contributed by atoms with Crippen molar-refractivity contribution in [2.24, 2.45) is 0 Å². The Labute approximate surface area is 166 Å². The van der Waals surface area contributed by atoms with E-state index in [4.69, 9.17) is 0 Å². The van der Waals surface area contributed by atoms with Crippen molar-refractivity contribution in [1.82, 2.24) is 19.8 Å². The average molecular weight is 409 g/mol. The molecule has 1 N–H and O–H groups in total. The highest BCUT2D eigenvalue weighted by Crippen LogP contribution is 2.28. The highest BCUT2D eigenvalue weighted by atomic mass is 32.2. The lowest BCUT2D eigenvalue weighted by Gasteiger charge is -2.33. The molecular formula is C20H19N5O3S. The van der Waals surface area contributed by atoms with Gasteiger partial charge in [-0.1, -0.05) is 22.9 Å². The Morgan fingerprint density at radius 2 is 1.86 bits per heavy atom. The van der Waals surface area contributed by atoms with Crippen molar-refractivity contribution in [3.05, 3.63) is 57.9 Å². The second kappa shape index (κ2) is 6.15. The number of H-pyrrole nitrogens is 1. The molecule has 1 saturated heterocycles. The van der Waals surface area contributed by atoms with Gasteiger partial charge in [-0.25, -0.2) is 8.42 Å². The van der Waals surface area contributed by atoms with E-state index in [1.165, 1.54) is 4.52 Å². The summed E-state index contributed by atoms with van der Waals surface area (Å²) < 4.78 is 27.9. The van der Waals surface area contributed by atoms with Gasteiger partial charge in [0.05, 0.1) is 15.8 Å². The van der Waals surface area contributed by atoms with E-state index in [1.54, 1.807) is 31.2 Å². The first-order valence-corrected chi connectivity index (χ1v) is 10.8. The van der Waals surface area contributed by atoms with Crippen LogP contribution in [0.25, 0.3) is 16.6 Å². The molecule has 0 atom stereocenters. The number of aromatic amines is 1. The lowest BCUT2D eigenvalue weighted by molar-refractivity contribution is 0.592. The quantitative estimate of drug-likeness (QED) is 0.557. The Bertz CT molecular complexity index is 1450. The van der Waals surface area contributed by atoms with E-state index in [2.05, 4.69) is 20.2 Å². The molecule has 3 heterocycles. The summed E-state index contributed by atoms with van der Waals surface area (Å²) in [6.45, 7) is 5.56. The van der Waals surface area contributed by atoms with Crippen LogP contribution in [0.1, 0.15) is 17.5 Å². The summed E-state index contributed by atoms with van der Waals surface area (Å²) in [6, 6.07) is 10.6. The van der Waals surface area contributed by atoms with Gasteiger partial charge in [0.1, 0.15) is 0 Å². The van der Waals surface area contributed by atoms with Crippen molar-refractivity contribution in [1.29, 1.82) is 0 Å². The Balaban J connectivity index is 1.76. The average Bonchev–Trinajstić information content (AvgIpc) is 3.04. The van der Waals surface area contributed by atoms with Gasteiger partial charge in [0.2, 0.25) is 14.9 Å². The molecule has 0 unspecified atom stereocenters. The fourth-order valence-electron chi connectivity index (χ4n) is 3.76. The number of benzene rings is 2. The monoisotopic (exact) mass is 409 g/mol. The van der Waals surface area contributed by atoms with E-state index in [1.807, 2.05) is 19.1 Å². The minimum absolute atomic E-state index is 0.0724. The number of hydrogen-bond acceptors (Lipinski definition) is 6. The number of fused-ring (bicyclic) bond motifs is 3. The Morgan fingerprint density at radius 3 is 2.55 bits per heavy atom. The third kappa shape index (κ3) is 2.65. The van der Waals surface area contributed by atoms with Crippen LogP contribution in [0.15, 0.2) is 51.1 Å². The van der Waals surface area contributed by atoms with Gasteiger partial charge >= 0.3 is 0 Å². The van der Waals surface area contributed by atoms with Crippen LogP contribution in [0.2, 0.25) is 0 Å². The maximum atomic E-state index is 13.3. The van der Waals surface area contributed by atoms with Gasteiger partial charge in [0, 0.05) is 18.8 Å². The van der Waals surface area contributed by atoms with Crippen LogP contribution < -0.4 is 10.5 Å². The lowest BCUT2D eigenvalue weighted by atomic mass is 10.1. The van der Waals surface area contributed by atoms with E-state index in [-0.39, 0.29) is 21.1 Å². The third-order valence-corrected chi connectivity index (χ3v) is 7.24. The van der Waals surface area contributed by atoms with E-state index >= 15 is 0 Å². The Hall–Kier alpha value is -3.20. The van der Waals surface area contributed by atoms with Crippen molar-refractivity contribution < 1.29 is 8.42 Å². The highest BCUT2D eigenvalue weighted by Gasteiger charge is 2.28. The third-order valence-electron chi connectivity index (χ3n) is 5.42. The number of aromatic nitrogens is 4. The number of hydrogen-bond donors (Lipinski definition) is 1. The Morgan fingerprint density at radius 1 is 1.07 bits per heavy atom. The van der Waals surface area contributed by atoms with E-state index in [0.717, 1.165) is 30.8 Å². The molecule has 0 bridgehead atoms. The molecule has 9 heteroatoms. The molecule has 0 spiro atoms. The summed E-state index contributed by atoms with van der Waals surface area (Å²) in [6.07, 6.45) is 1.13. The fourth-order valence-corrected chi connectivity index (χ4v) is 5.24. The number of aryl methyl sites for hydroxylation is 2. The molecule has 0 amide bonds. The van der Waals surface area contributed by atoms with E-state index < -0.39 is 9.84 Å². The molecule has 4 aromatic rings. The van der Waals surface area contributed by atoms with Gasteiger partial charge in [-0.3, -0.25) is 4.79 Å². The van der Waals surface area contributed by atoms with Gasteiger partial charge in [-0.05, 0) is 50.1 Å². The second-order valence-electron chi connectivity index (χ2n) is 7.42. The maximum Gasteiger partial charge on any atom is 0.259 e. The molecule has 5 rings (SSSR count). The zero-order valence-corrected chi connectivity index (χ0v) is 16.8. The van der Waals surface area contributed by atoms with Crippen LogP contribution >= 0.6 is 0 Å². The summed E-state index contributed by atoms with van der Waals surface area (Å²) in [4.78, 5) is 17.6. The normalized spacial score (nSPS) is 14.5. The zero-order valence-electron chi connectivity index (χ0n) is 16.0. The van der Waals surface area contributed by atoms with Crippen molar-refractivity contribution in [3.63, 3.8) is 0 Å². The summed E-state index contributed by atoms with van der Waals surface area (Å²) in [5.41, 5.74) is 2.79. The van der Waals surface area contributed by atoms with Gasteiger partial charge in [-0.2, -0.15) is 4.52 Å². The van der Waals surface area contributed by atoms with Gasteiger partial charge in [0.25, 0.3) is 5.56 Å². The van der Waals surface area contributed by atoms with Gasteiger partial charge in [0.15, 0.2) is 5.65 Å². The summed E-state index contributed by atoms with van der Waals surface area (Å²) in [5.74, 6) is 0. The maximum absolute atomic E-state index is 13.3. The number of anilines is 1. The first-order valence-electron chi connectivity index (χ1n) is 9.35. The number of nitrogens with one attached hydrogen (secondary N) is 1. The fraction of sp³-hybridized carbons (Fsp3) is 0.250. The molecule has 0 aliphatic carbocycles. The van der Waals surface area contributed by atoms with Crippen LogP contribution in [0.5, 0.6) is 0 Å². The molecule has 8 nitrogen and oxygen atoms in total. The number of rotatable bonds is 3. The molecule has 0 saturated carbocycles. The second-order valence-corrected chi connectivity index (χ2v) is 9.26. The molecule has 0 radical (unpaired) electrons. The molecule has 2 aromatic carbocycles. The van der Waals surface area contributed by atoms with Crippen molar-refractivity contribution in [3.8, 4) is 0 Å². The van der Waals surface area contributed by atoms with Crippen molar-refractivity contribution in [2.75, 3.05) is 18.0 Å². The van der Waals surface area contributed by atoms with Gasteiger partial charge in [-0.15, -0.1) is 5.10 Å². The van der Waals surface area contributed by atoms with Crippen LogP contribution in [-0.4, -0.2) is 41.3 Å². The van der Waals surface area contributed by atoms with Crippen LogP contribution in [0.4, 0.5) is 5.69 Å². The van der Waals surface area contributed by atoms with Crippen LogP contribution in [0.3, 0.4) is 0 Å². The summed E-state index contributed by atoms with van der Waals surface area (Å²) in [7, 11) is -3.95. The molecule has 1 aliphatic rings.